The first-order valence-electron chi connectivity index (χ1n) is 7.72. The molecule has 0 spiro atoms. The highest BCUT2D eigenvalue weighted by atomic mass is 19.1. The van der Waals surface area contributed by atoms with Gasteiger partial charge in [-0.1, -0.05) is 0 Å². The normalized spacial score (nSPS) is 11.9. The van der Waals surface area contributed by atoms with Crippen molar-refractivity contribution in [3.63, 3.8) is 0 Å². The van der Waals surface area contributed by atoms with Gasteiger partial charge < -0.3 is 9.84 Å². The summed E-state index contributed by atoms with van der Waals surface area (Å²) in [5.41, 5.74) is 0.618. The molecule has 134 valence electrons. The number of aliphatic hydroxyl groups excluding tert-OH is 1. The molecule has 2 aromatic carbocycles. The van der Waals surface area contributed by atoms with Crippen LogP contribution in [0.4, 0.5) is 10.1 Å². The number of benzene rings is 2. The zero-order valence-electron chi connectivity index (χ0n) is 13.5. The average molecular weight is 358 g/mol. The minimum absolute atomic E-state index is 0.0123. The van der Waals surface area contributed by atoms with Crippen molar-refractivity contribution in [2.24, 2.45) is 0 Å². The van der Waals surface area contributed by atoms with Crippen LogP contribution in [0.15, 0.2) is 54.9 Å². The summed E-state index contributed by atoms with van der Waals surface area (Å²) in [5, 5.41) is 24.9. The average Bonchev–Trinajstić information content (AvgIpc) is 3.10. The number of hydrogen-bond donors (Lipinski definition) is 1. The number of nitro groups is 1. The second kappa shape index (κ2) is 7.70. The topological polar surface area (TPSA) is 103 Å². The van der Waals surface area contributed by atoms with E-state index in [1.807, 2.05) is 0 Å². The lowest BCUT2D eigenvalue weighted by Crippen LogP contribution is -2.23. The highest BCUT2D eigenvalue weighted by molar-refractivity contribution is 5.56. The second-order valence-corrected chi connectivity index (χ2v) is 5.51. The zero-order valence-corrected chi connectivity index (χ0v) is 13.5. The van der Waals surface area contributed by atoms with E-state index in [0.717, 1.165) is 0 Å². The number of halogens is 1. The van der Waals surface area contributed by atoms with E-state index in [2.05, 4.69) is 10.1 Å². The second-order valence-electron chi connectivity index (χ2n) is 5.51. The van der Waals surface area contributed by atoms with Crippen molar-refractivity contribution < 1.29 is 19.2 Å². The molecule has 0 saturated heterocycles. The maximum atomic E-state index is 12.8. The molecule has 0 radical (unpaired) electrons. The molecule has 1 atom stereocenters. The lowest BCUT2D eigenvalue weighted by molar-refractivity contribution is -0.384. The molecular weight excluding hydrogens is 343 g/mol. The molecule has 3 rings (SSSR count). The van der Waals surface area contributed by atoms with E-state index < -0.39 is 11.0 Å². The van der Waals surface area contributed by atoms with E-state index in [1.165, 1.54) is 47.4 Å². The van der Waals surface area contributed by atoms with Crippen molar-refractivity contribution in [1.82, 2.24) is 14.8 Å². The summed E-state index contributed by atoms with van der Waals surface area (Å²) < 4.78 is 19.7. The number of nitrogens with zero attached hydrogens (tertiary/aromatic N) is 4. The molecule has 1 N–H and O–H groups in total. The van der Waals surface area contributed by atoms with E-state index in [4.69, 9.17) is 4.74 Å². The fourth-order valence-electron chi connectivity index (χ4n) is 2.24. The molecule has 0 saturated carbocycles. The number of aromatic nitrogens is 3. The van der Waals surface area contributed by atoms with Gasteiger partial charge in [-0.05, 0) is 36.4 Å². The van der Waals surface area contributed by atoms with Crippen LogP contribution in [0.1, 0.15) is 0 Å². The maximum Gasteiger partial charge on any atom is 0.269 e. The van der Waals surface area contributed by atoms with Crippen LogP contribution in [0.3, 0.4) is 0 Å². The number of hydrogen-bond acceptors (Lipinski definition) is 6. The van der Waals surface area contributed by atoms with Gasteiger partial charge in [-0.15, -0.1) is 0 Å². The number of non-ortho nitro benzene ring substituents is 1. The molecule has 9 heteroatoms. The standard InChI is InChI=1S/C17H15FN4O4/c18-13-3-7-16(8-4-13)26-10-15(23)9-21-11-19-17(20-21)12-1-5-14(6-2-12)22(24)25/h1-8,11,15,23H,9-10H2/t15-/m1/s1. The number of rotatable bonds is 7. The zero-order chi connectivity index (χ0) is 18.5. The van der Waals surface area contributed by atoms with Crippen molar-refractivity contribution in [3.8, 4) is 17.1 Å². The smallest absolute Gasteiger partial charge is 0.269 e. The van der Waals surface area contributed by atoms with E-state index in [0.29, 0.717) is 17.1 Å². The first-order valence-corrected chi connectivity index (χ1v) is 7.72. The first-order chi connectivity index (χ1) is 12.5. The molecule has 1 heterocycles. The minimum Gasteiger partial charge on any atom is -0.491 e. The van der Waals surface area contributed by atoms with Gasteiger partial charge >= 0.3 is 0 Å². The predicted molar refractivity (Wildman–Crippen MR) is 90.0 cm³/mol. The van der Waals surface area contributed by atoms with E-state index >= 15 is 0 Å². The van der Waals surface area contributed by atoms with Gasteiger partial charge in [-0.3, -0.25) is 10.1 Å². The molecule has 1 aromatic heterocycles. The largest absolute Gasteiger partial charge is 0.491 e. The molecule has 26 heavy (non-hydrogen) atoms. The van der Waals surface area contributed by atoms with Crippen LogP contribution in [0.25, 0.3) is 11.4 Å². The highest BCUT2D eigenvalue weighted by Gasteiger charge is 2.11. The van der Waals surface area contributed by atoms with Crippen LogP contribution in [-0.2, 0) is 6.54 Å². The molecule has 0 amide bonds. The molecule has 0 aliphatic rings. The SMILES string of the molecule is O=[N+]([O-])c1ccc(-c2ncn(C[C@@H](O)COc3ccc(F)cc3)n2)cc1. The molecule has 0 aliphatic heterocycles. The third-order valence-corrected chi connectivity index (χ3v) is 3.53. The summed E-state index contributed by atoms with van der Waals surface area (Å²) in [6.45, 7) is 0.166. The van der Waals surface area contributed by atoms with Crippen molar-refractivity contribution in [1.29, 1.82) is 0 Å². The van der Waals surface area contributed by atoms with Crippen molar-refractivity contribution in [3.05, 3.63) is 70.8 Å². The lowest BCUT2D eigenvalue weighted by Gasteiger charge is -2.12. The van der Waals surface area contributed by atoms with Crippen molar-refractivity contribution >= 4 is 5.69 Å². The first kappa shape index (κ1) is 17.5. The van der Waals surface area contributed by atoms with Crippen LogP contribution in [0.5, 0.6) is 5.75 Å². The van der Waals surface area contributed by atoms with Gasteiger partial charge in [0.2, 0.25) is 0 Å². The number of ether oxygens (including phenoxy) is 1. The van der Waals surface area contributed by atoms with Crippen LogP contribution >= 0.6 is 0 Å². The predicted octanol–water partition coefficient (Wildman–Crippen LogP) is 2.43. The highest BCUT2D eigenvalue weighted by Crippen LogP contribution is 2.19. The van der Waals surface area contributed by atoms with E-state index in [9.17, 15) is 19.6 Å². The molecule has 3 aromatic rings. The molecule has 0 unspecified atom stereocenters. The Balaban J connectivity index is 1.57. The van der Waals surface area contributed by atoms with E-state index in [1.54, 1.807) is 12.1 Å². The van der Waals surface area contributed by atoms with Crippen LogP contribution in [0.2, 0.25) is 0 Å². The Hall–Kier alpha value is -3.33. The molecule has 8 nitrogen and oxygen atoms in total. The molecule has 0 bridgehead atoms. The number of aliphatic hydroxyl groups is 1. The summed E-state index contributed by atoms with van der Waals surface area (Å²) in [7, 11) is 0. The summed E-state index contributed by atoms with van der Waals surface area (Å²) in [4.78, 5) is 14.3. The van der Waals surface area contributed by atoms with Gasteiger partial charge in [0.1, 0.15) is 30.6 Å². The Morgan fingerprint density at radius 2 is 1.88 bits per heavy atom. The molecule has 0 aliphatic carbocycles. The summed E-state index contributed by atoms with van der Waals surface area (Å²) >= 11 is 0. The third-order valence-electron chi connectivity index (χ3n) is 3.53. The van der Waals surface area contributed by atoms with Crippen LogP contribution in [-0.4, -0.2) is 37.5 Å². The molecule has 0 fully saturated rings. The van der Waals surface area contributed by atoms with E-state index in [-0.39, 0.29) is 24.7 Å². The fraction of sp³-hybridized carbons (Fsp3) is 0.176. The maximum absolute atomic E-state index is 12.8. The Morgan fingerprint density at radius 3 is 2.54 bits per heavy atom. The monoisotopic (exact) mass is 358 g/mol. The summed E-state index contributed by atoms with van der Waals surface area (Å²) in [6, 6.07) is 11.4. The molecular formula is C17H15FN4O4. The quantitative estimate of drug-likeness (QED) is 0.514. The van der Waals surface area contributed by atoms with Gasteiger partial charge in [0.15, 0.2) is 5.82 Å². The number of nitro benzene ring substituents is 1. The fourth-order valence-corrected chi connectivity index (χ4v) is 2.24. The van der Waals surface area contributed by atoms with Gasteiger partial charge in [0, 0.05) is 17.7 Å². The lowest BCUT2D eigenvalue weighted by atomic mass is 10.2. The van der Waals surface area contributed by atoms with Crippen LogP contribution < -0.4 is 4.74 Å². The van der Waals surface area contributed by atoms with Crippen molar-refractivity contribution in [2.75, 3.05) is 6.61 Å². The Labute approximate surface area is 147 Å². The van der Waals surface area contributed by atoms with Gasteiger partial charge in [0.05, 0.1) is 11.5 Å². The Kier molecular flexibility index (Phi) is 5.18. The summed E-state index contributed by atoms with van der Waals surface area (Å²) in [6.07, 6.45) is 0.615. The van der Waals surface area contributed by atoms with Gasteiger partial charge in [-0.2, -0.15) is 5.10 Å². The van der Waals surface area contributed by atoms with Gasteiger partial charge in [-0.25, -0.2) is 14.1 Å². The third kappa shape index (κ3) is 4.39. The van der Waals surface area contributed by atoms with Crippen molar-refractivity contribution in [2.45, 2.75) is 12.6 Å². The minimum atomic E-state index is -0.841. The van der Waals surface area contributed by atoms with Crippen LogP contribution in [0, 0.1) is 15.9 Å². The Morgan fingerprint density at radius 1 is 1.19 bits per heavy atom. The Bertz CT molecular complexity index is 881. The van der Waals surface area contributed by atoms with Gasteiger partial charge in [0.25, 0.3) is 5.69 Å². The summed E-state index contributed by atoms with van der Waals surface area (Å²) in [5.74, 6) is 0.487.